The summed E-state index contributed by atoms with van der Waals surface area (Å²) in [7, 11) is 1.63. The lowest BCUT2D eigenvalue weighted by atomic mass is 10.1. The molecule has 2 N–H and O–H groups in total. The van der Waals surface area contributed by atoms with Gasteiger partial charge >= 0.3 is 0 Å². The lowest BCUT2D eigenvalue weighted by Crippen LogP contribution is -2.07. The van der Waals surface area contributed by atoms with Gasteiger partial charge in [0.1, 0.15) is 5.82 Å². The molecule has 0 spiro atoms. The summed E-state index contributed by atoms with van der Waals surface area (Å²) >= 11 is 0. The Morgan fingerprint density at radius 1 is 1.50 bits per heavy atom. The quantitative estimate of drug-likeness (QED) is 0.789. The molecule has 0 aromatic carbocycles. The van der Waals surface area contributed by atoms with Gasteiger partial charge in [0.25, 0.3) is 0 Å². The number of nitrogens with two attached hydrogens (primary N) is 1. The van der Waals surface area contributed by atoms with Crippen molar-refractivity contribution in [2.75, 3.05) is 12.8 Å². The Bertz CT molecular complexity index is 299. The van der Waals surface area contributed by atoms with E-state index in [0.717, 1.165) is 17.9 Å². The predicted molar refractivity (Wildman–Crippen MR) is 55.7 cm³/mol. The van der Waals surface area contributed by atoms with E-state index in [1.807, 2.05) is 0 Å². The molecule has 1 aromatic heterocycles. The molecule has 0 unspecified atom stereocenters. The highest BCUT2D eigenvalue weighted by Crippen LogP contribution is 2.10. The third kappa shape index (κ3) is 2.96. The van der Waals surface area contributed by atoms with Gasteiger partial charge < -0.3 is 10.5 Å². The second-order valence-electron chi connectivity index (χ2n) is 3.72. The van der Waals surface area contributed by atoms with E-state index in [1.165, 1.54) is 0 Å². The second kappa shape index (κ2) is 4.91. The van der Waals surface area contributed by atoms with Crippen molar-refractivity contribution in [1.29, 1.82) is 0 Å². The van der Waals surface area contributed by atoms with Crippen LogP contribution in [0.25, 0.3) is 0 Å². The second-order valence-corrected chi connectivity index (χ2v) is 3.72. The number of methoxy groups -OCH3 is 1. The van der Waals surface area contributed by atoms with Crippen molar-refractivity contribution in [3.8, 4) is 0 Å². The Morgan fingerprint density at radius 3 is 2.79 bits per heavy atom. The summed E-state index contributed by atoms with van der Waals surface area (Å²) in [5.74, 6) is 1.38. The molecule has 1 heterocycles. The maximum absolute atomic E-state index is 5.70. The zero-order chi connectivity index (χ0) is 10.6. The molecule has 0 amide bonds. The SMILES string of the molecule is COCc1nc(CC(C)C)ncc1N. The van der Waals surface area contributed by atoms with Crippen molar-refractivity contribution in [2.24, 2.45) is 5.92 Å². The van der Waals surface area contributed by atoms with E-state index in [4.69, 9.17) is 10.5 Å². The van der Waals surface area contributed by atoms with E-state index in [1.54, 1.807) is 13.3 Å². The Hall–Kier alpha value is -1.16. The third-order valence-corrected chi connectivity index (χ3v) is 1.82. The fourth-order valence-corrected chi connectivity index (χ4v) is 1.18. The molecule has 0 saturated carbocycles. The van der Waals surface area contributed by atoms with Crippen molar-refractivity contribution >= 4 is 5.69 Å². The monoisotopic (exact) mass is 195 g/mol. The summed E-state index contributed by atoms with van der Waals surface area (Å²) in [5, 5.41) is 0. The average molecular weight is 195 g/mol. The summed E-state index contributed by atoms with van der Waals surface area (Å²) in [6, 6.07) is 0. The van der Waals surface area contributed by atoms with E-state index >= 15 is 0 Å². The highest BCUT2D eigenvalue weighted by atomic mass is 16.5. The van der Waals surface area contributed by atoms with Crippen LogP contribution in [0.1, 0.15) is 25.4 Å². The van der Waals surface area contributed by atoms with E-state index in [2.05, 4.69) is 23.8 Å². The Kier molecular flexibility index (Phi) is 3.83. The molecule has 0 radical (unpaired) electrons. The topological polar surface area (TPSA) is 61.0 Å². The minimum atomic E-state index is 0.444. The van der Waals surface area contributed by atoms with E-state index in [9.17, 15) is 0 Å². The highest BCUT2D eigenvalue weighted by Gasteiger charge is 2.05. The molecule has 78 valence electrons. The van der Waals surface area contributed by atoms with Gasteiger partial charge in [0, 0.05) is 13.5 Å². The number of nitrogens with zero attached hydrogens (tertiary/aromatic N) is 2. The first-order valence-electron chi connectivity index (χ1n) is 4.72. The lowest BCUT2D eigenvalue weighted by Gasteiger charge is -2.07. The molecule has 4 heteroatoms. The normalized spacial score (nSPS) is 10.9. The van der Waals surface area contributed by atoms with Gasteiger partial charge in [-0.25, -0.2) is 9.97 Å². The standard InChI is InChI=1S/C10H17N3O/c1-7(2)4-10-12-5-8(11)9(13-10)6-14-3/h5,7H,4,6,11H2,1-3H3. The molecule has 0 saturated heterocycles. The van der Waals surface area contributed by atoms with Gasteiger partial charge in [-0.05, 0) is 5.92 Å². The maximum atomic E-state index is 5.70. The number of anilines is 1. The van der Waals surface area contributed by atoms with Crippen LogP contribution in [0.3, 0.4) is 0 Å². The minimum absolute atomic E-state index is 0.444. The lowest BCUT2D eigenvalue weighted by molar-refractivity contribution is 0.181. The third-order valence-electron chi connectivity index (χ3n) is 1.82. The van der Waals surface area contributed by atoms with Gasteiger partial charge in [0.15, 0.2) is 0 Å². The zero-order valence-corrected chi connectivity index (χ0v) is 8.95. The number of rotatable bonds is 4. The fraction of sp³-hybridized carbons (Fsp3) is 0.600. The fourth-order valence-electron chi connectivity index (χ4n) is 1.18. The van der Waals surface area contributed by atoms with Gasteiger partial charge in [-0.2, -0.15) is 0 Å². The number of nitrogen functional groups attached to an aromatic ring is 1. The molecule has 1 rings (SSSR count). The molecule has 0 fully saturated rings. The van der Waals surface area contributed by atoms with Crippen LogP contribution in [0.15, 0.2) is 6.20 Å². The Balaban J connectivity index is 2.83. The Labute approximate surface area is 84.5 Å². The van der Waals surface area contributed by atoms with Crippen LogP contribution in [0.2, 0.25) is 0 Å². The van der Waals surface area contributed by atoms with E-state index in [0.29, 0.717) is 18.2 Å². The van der Waals surface area contributed by atoms with E-state index < -0.39 is 0 Å². The first-order chi connectivity index (χ1) is 6.63. The van der Waals surface area contributed by atoms with Crippen molar-refractivity contribution in [3.63, 3.8) is 0 Å². The number of hydrogen-bond acceptors (Lipinski definition) is 4. The molecular formula is C10H17N3O. The molecule has 0 aliphatic heterocycles. The summed E-state index contributed by atoms with van der Waals surface area (Å²) in [4.78, 5) is 8.51. The van der Waals surface area contributed by atoms with Crippen LogP contribution >= 0.6 is 0 Å². The molecular weight excluding hydrogens is 178 g/mol. The predicted octanol–water partition coefficient (Wildman–Crippen LogP) is 1.40. The molecule has 0 bridgehead atoms. The van der Waals surface area contributed by atoms with Crippen molar-refractivity contribution in [3.05, 3.63) is 17.7 Å². The van der Waals surface area contributed by atoms with Crippen LogP contribution < -0.4 is 5.73 Å². The number of ether oxygens (including phenoxy) is 1. The smallest absolute Gasteiger partial charge is 0.129 e. The van der Waals surface area contributed by atoms with Gasteiger partial charge in [0.05, 0.1) is 24.2 Å². The summed E-state index contributed by atoms with van der Waals surface area (Å²) in [6.07, 6.45) is 2.52. The first kappa shape index (κ1) is 10.9. The number of hydrogen-bond donors (Lipinski definition) is 1. The zero-order valence-electron chi connectivity index (χ0n) is 8.95. The Morgan fingerprint density at radius 2 is 2.21 bits per heavy atom. The molecule has 0 aliphatic carbocycles. The minimum Gasteiger partial charge on any atom is -0.396 e. The average Bonchev–Trinajstić information content (AvgIpc) is 2.10. The number of aromatic nitrogens is 2. The van der Waals surface area contributed by atoms with Crippen LogP contribution in [-0.2, 0) is 17.8 Å². The van der Waals surface area contributed by atoms with Gasteiger partial charge in [-0.15, -0.1) is 0 Å². The van der Waals surface area contributed by atoms with Crippen LogP contribution in [0.5, 0.6) is 0 Å². The van der Waals surface area contributed by atoms with Crippen LogP contribution in [-0.4, -0.2) is 17.1 Å². The molecule has 0 atom stereocenters. The van der Waals surface area contributed by atoms with Crippen LogP contribution in [0, 0.1) is 5.92 Å². The largest absolute Gasteiger partial charge is 0.396 e. The van der Waals surface area contributed by atoms with Crippen LogP contribution in [0.4, 0.5) is 5.69 Å². The van der Waals surface area contributed by atoms with E-state index in [-0.39, 0.29) is 0 Å². The summed E-state index contributed by atoms with van der Waals surface area (Å²) in [6.45, 7) is 4.71. The van der Waals surface area contributed by atoms with Gasteiger partial charge in [0.2, 0.25) is 0 Å². The van der Waals surface area contributed by atoms with Crippen molar-refractivity contribution in [2.45, 2.75) is 26.9 Å². The van der Waals surface area contributed by atoms with Crippen molar-refractivity contribution < 1.29 is 4.74 Å². The molecule has 1 aromatic rings. The van der Waals surface area contributed by atoms with Gasteiger partial charge in [-0.3, -0.25) is 0 Å². The van der Waals surface area contributed by atoms with Crippen molar-refractivity contribution in [1.82, 2.24) is 9.97 Å². The maximum Gasteiger partial charge on any atom is 0.129 e. The summed E-state index contributed by atoms with van der Waals surface area (Å²) in [5.41, 5.74) is 7.07. The molecule has 4 nitrogen and oxygen atoms in total. The summed E-state index contributed by atoms with van der Waals surface area (Å²) < 4.78 is 5.00. The molecule has 0 aliphatic rings. The highest BCUT2D eigenvalue weighted by molar-refractivity contribution is 5.39. The van der Waals surface area contributed by atoms with Gasteiger partial charge in [-0.1, -0.05) is 13.8 Å². The molecule has 14 heavy (non-hydrogen) atoms. The first-order valence-corrected chi connectivity index (χ1v) is 4.72.